The minimum atomic E-state index is -3.77. The van der Waals surface area contributed by atoms with Gasteiger partial charge >= 0.3 is 0 Å². The zero-order valence-corrected chi connectivity index (χ0v) is 20.4. The van der Waals surface area contributed by atoms with E-state index >= 15 is 0 Å². The van der Waals surface area contributed by atoms with E-state index < -0.39 is 20.0 Å². The Labute approximate surface area is 196 Å². The number of hydrogen-bond acceptors (Lipinski definition) is 6. The SMILES string of the molecule is CCOCCOc1ccc(S(=O)(=O)N2CCc3cc(S(=O)(=O)N4CCCCC4)ccc32)cc1. The second-order valence-corrected chi connectivity index (χ2v) is 11.9. The first-order valence-corrected chi connectivity index (χ1v) is 14.2. The molecule has 0 bridgehead atoms. The van der Waals surface area contributed by atoms with Crippen LogP contribution in [0.4, 0.5) is 5.69 Å². The van der Waals surface area contributed by atoms with Gasteiger partial charge in [0.25, 0.3) is 10.0 Å². The van der Waals surface area contributed by atoms with E-state index in [9.17, 15) is 16.8 Å². The van der Waals surface area contributed by atoms with Crippen molar-refractivity contribution < 1.29 is 26.3 Å². The van der Waals surface area contributed by atoms with Crippen molar-refractivity contribution >= 4 is 25.7 Å². The quantitative estimate of drug-likeness (QED) is 0.498. The molecular formula is C23H30N2O6S2. The molecule has 2 aromatic carbocycles. The lowest BCUT2D eigenvalue weighted by Gasteiger charge is -2.26. The van der Waals surface area contributed by atoms with Crippen molar-refractivity contribution in [3.8, 4) is 5.75 Å². The average molecular weight is 495 g/mol. The number of rotatable bonds is 9. The summed E-state index contributed by atoms with van der Waals surface area (Å²) in [4.78, 5) is 0.397. The Hall–Kier alpha value is -2.14. The van der Waals surface area contributed by atoms with Crippen molar-refractivity contribution in [3.05, 3.63) is 48.0 Å². The van der Waals surface area contributed by atoms with Crippen LogP contribution in [0.25, 0.3) is 0 Å². The van der Waals surface area contributed by atoms with E-state index in [4.69, 9.17) is 9.47 Å². The van der Waals surface area contributed by atoms with E-state index in [2.05, 4.69) is 0 Å². The Bertz CT molecular complexity index is 1170. The molecule has 33 heavy (non-hydrogen) atoms. The fourth-order valence-electron chi connectivity index (χ4n) is 4.21. The molecule has 0 aliphatic carbocycles. The van der Waals surface area contributed by atoms with E-state index in [-0.39, 0.29) is 16.3 Å². The lowest BCUT2D eigenvalue weighted by atomic mass is 10.2. The van der Waals surface area contributed by atoms with Crippen LogP contribution in [0.3, 0.4) is 0 Å². The highest BCUT2D eigenvalue weighted by Gasteiger charge is 2.33. The van der Waals surface area contributed by atoms with Crippen LogP contribution in [0.5, 0.6) is 5.75 Å². The minimum Gasteiger partial charge on any atom is -0.491 e. The Balaban J connectivity index is 1.51. The molecule has 8 nitrogen and oxygen atoms in total. The van der Waals surface area contributed by atoms with Gasteiger partial charge < -0.3 is 9.47 Å². The van der Waals surface area contributed by atoms with Crippen molar-refractivity contribution in [2.24, 2.45) is 0 Å². The number of piperidine rings is 1. The zero-order valence-electron chi connectivity index (χ0n) is 18.8. The molecule has 0 saturated carbocycles. The first kappa shape index (κ1) is 24.0. The molecule has 0 N–H and O–H groups in total. The van der Waals surface area contributed by atoms with Gasteiger partial charge in [0.05, 0.1) is 22.1 Å². The monoisotopic (exact) mass is 494 g/mol. The van der Waals surface area contributed by atoms with Gasteiger partial charge in [-0.3, -0.25) is 4.31 Å². The zero-order chi connectivity index (χ0) is 23.5. The van der Waals surface area contributed by atoms with Crippen molar-refractivity contribution in [2.45, 2.75) is 42.4 Å². The first-order valence-electron chi connectivity index (χ1n) is 11.3. The van der Waals surface area contributed by atoms with Crippen LogP contribution < -0.4 is 9.04 Å². The van der Waals surface area contributed by atoms with Crippen LogP contribution in [-0.4, -0.2) is 60.6 Å². The number of sulfonamides is 2. The van der Waals surface area contributed by atoms with Gasteiger partial charge in [-0.2, -0.15) is 4.31 Å². The standard InChI is InChI=1S/C23H30N2O6S2/c1-2-30-16-17-31-20-6-8-21(9-7-20)33(28,29)25-15-12-19-18-22(10-11-23(19)25)32(26,27)24-13-4-3-5-14-24/h6-11,18H,2-5,12-17H2,1H3. The molecule has 0 spiro atoms. The summed E-state index contributed by atoms with van der Waals surface area (Å²) in [5.74, 6) is 0.572. The fourth-order valence-corrected chi connectivity index (χ4v) is 7.28. The number of hydrogen-bond donors (Lipinski definition) is 0. The molecule has 2 aliphatic rings. The molecule has 1 saturated heterocycles. The van der Waals surface area contributed by atoms with E-state index in [1.165, 1.54) is 26.8 Å². The number of fused-ring (bicyclic) bond motifs is 1. The molecule has 180 valence electrons. The summed E-state index contributed by atoms with van der Waals surface area (Å²) in [6.07, 6.45) is 3.25. The number of anilines is 1. The van der Waals surface area contributed by atoms with E-state index in [1.807, 2.05) is 6.92 Å². The Morgan fingerprint density at radius 2 is 1.52 bits per heavy atom. The maximum absolute atomic E-state index is 13.3. The molecule has 0 atom stereocenters. The van der Waals surface area contributed by atoms with Crippen LogP contribution in [0.1, 0.15) is 31.7 Å². The van der Waals surface area contributed by atoms with Crippen molar-refractivity contribution in [1.82, 2.24) is 4.31 Å². The Morgan fingerprint density at radius 3 is 2.21 bits per heavy atom. The number of nitrogens with zero attached hydrogens (tertiary/aromatic N) is 2. The maximum Gasteiger partial charge on any atom is 0.264 e. The summed E-state index contributed by atoms with van der Waals surface area (Å²) in [5.41, 5.74) is 1.26. The molecule has 0 unspecified atom stereocenters. The van der Waals surface area contributed by atoms with Gasteiger partial charge in [-0.1, -0.05) is 6.42 Å². The third kappa shape index (κ3) is 5.03. The lowest BCUT2D eigenvalue weighted by molar-refractivity contribution is 0.110. The van der Waals surface area contributed by atoms with Gasteiger partial charge in [0.1, 0.15) is 12.4 Å². The molecule has 0 amide bonds. The summed E-state index contributed by atoms with van der Waals surface area (Å²) in [6, 6.07) is 11.1. The average Bonchev–Trinajstić information content (AvgIpc) is 3.27. The van der Waals surface area contributed by atoms with Gasteiger partial charge in [-0.15, -0.1) is 0 Å². The second-order valence-electron chi connectivity index (χ2n) is 8.10. The molecule has 2 heterocycles. The highest BCUT2D eigenvalue weighted by Crippen LogP contribution is 2.35. The van der Waals surface area contributed by atoms with Crippen LogP contribution in [0, 0.1) is 0 Å². The fraction of sp³-hybridized carbons (Fsp3) is 0.478. The largest absolute Gasteiger partial charge is 0.491 e. The Kier molecular flexibility index (Phi) is 7.28. The summed E-state index contributed by atoms with van der Waals surface area (Å²) < 4.78 is 66.2. The van der Waals surface area contributed by atoms with E-state index in [1.54, 1.807) is 24.3 Å². The topological polar surface area (TPSA) is 93.2 Å². The van der Waals surface area contributed by atoms with Crippen LogP contribution in [-0.2, 0) is 31.2 Å². The van der Waals surface area contributed by atoms with E-state index in [0.29, 0.717) is 50.8 Å². The van der Waals surface area contributed by atoms with Crippen LogP contribution in [0.15, 0.2) is 52.3 Å². The minimum absolute atomic E-state index is 0.164. The molecule has 0 radical (unpaired) electrons. The predicted molar refractivity (Wildman–Crippen MR) is 126 cm³/mol. The predicted octanol–water partition coefficient (Wildman–Crippen LogP) is 3.03. The van der Waals surface area contributed by atoms with E-state index in [0.717, 1.165) is 24.8 Å². The lowest BCUT2D eigenvalue weighted by Crippen LogP contribution is -2.35. The van der Waals surface area contributed by atoms with Crippen molar-refractivity contribution in [3.63, 3.8) is 0 Å². The van der Waals surface area contributed by atoms with Crippen LogP contribution >= 0.6 is 0 Å². The molecular weight excluding hydrogens is 464 g/mol. The smallest absolute Gasteiger partial charge is 0.264 e. The normalized spacial score (nSPS) is 17.2. The molecule has 4 rings (SSSR count). The third-order valence-electron chi connectivity index (χ3n) is 5.97. The third-order valence-corrected chi connectivity index (χ3v) is 9.69. The molecule has 2 aliphatic heterocycles. The molecule has 0 aromatic heterocycles. The second kappa shape index (κ2) is 10.0. The number of benzene rings is 2. The summed E-state index contributed by atoms with van der Waals surface area (Å²) in [5, 5.41) is 0. The highest BCUT2D eigenvalue weighted by molar-refractivity contribution is 7.92. The van der Waals surface area contributed by atoms with Gasteiger partial charge in [-0.25, -0.2) is 16.8 Å². The molecule has 10 heteroatoms. The summed E-state index contributed by atoms with van der Waals surface area (Å²) >= 11 is 0. The highest BCUT2D eigenvalue weighted by atomic mass is 32.2. The van der Waals surface area contributed by atoms with Crippen LogP contribution in [0.2, 0.25) is 0 Å². The summed E-state index contributed by atoms with van der Waals surface area (Å²) in [6.45, 7) is 4.72. The number of ether oxygens (including phenoxy) is 2. The Morgan fingerprint density at radius 1 is 0.818 bits per heavy atom. The molecule has 1 fully saturated rings. The molecule has 2 aromatic rings. The van der Waals surface area contributed by atoms with Crippen molar-refractivity contribution in [2.75, 3.05) is 43.8 Å². The summed E-state index contributed by atoms with van der Waals surface area (Å²) in [7, 11) is -7.34. The van der Waals surface area contributed by atoms with Gasteiger partial charge in [-0.05, 0) is 74.2 Å². The first-order chi connectivity index (χ1) is 15.8. The van der Waals surface area contributed by atoms with Gasteiger partial charge in [0.15, 0.2) is 0 Å². The van der Waals surface area contributed by atoms with Gasteiger partial charge in [0.2, 0.25) is 10.0 Å². The maximum atomic E-state index is 13.3. The van der Waals surface area contributed by atoms with Gasteiger partial charge in [0, 0.05) is 26.2 Å². The van der Waals surface area contributed by atoms with Crippen molar-refractivity contribution in [1.29, 1.82) is 0 Å².